The van der Waals surface area contributed by atoms with Crippen LogP contribution < -0.4 is 14.4 Å². The van der Waals surface area contributed by atoms with Gasteiger partial charge in [0.05, 0.1) is 19.1 Å². The number of benzene rings is 1. The van der Waals surface area contributed by atoms with Gasteiger partial charge in [0.15, 0.2) is 0 Å². The number of carbonyl (C=O) groups is 1. The van der Waals surface area contributed by atoms with Crippen molar-refractivity contribution in [2.24, 2.45) is 0 Å². The van der Waals surface area contributed by atoms with Crippen LogP contribution in [0.15, 0.2) is 24.3 Å². The molecule has 0 aromatic heterocycles. The number of anilines is 1. The normalized spacial score (nSPS) is 17.4. The van der Waals surface area contributed by atoms with E-state index in [4.69, 9.17) is 4.74 Å². The van der Waals surface area contributed by atoms with Crippen molar-refractivity contribution in [3.05, 3.63) is 24.3 Å². The van der Waals surface area contributed by atoms with Gasteiger partial charge >= 0.3 is 0 Å². The minimum absolute atomic E-state index is 0.124. The second-order valence-electron chi connectivity index (χ2n) is 7.23. The summed E-state index contributed by atoms with van der Waals surface area (Å²) < 4.78 is 31.5. The highest BCUT2D eigenvalue weighted by Gasteiger charge is 2.32. The van der Waals surface area contributed by atoms with Gasteiger partial charge in [0.1, 0.15) is 11.8 Å². The summed E-state index contributed by atoms with van der Waals surface area (Å²) in [6, 6.07) is 6.16. The van der Waals surface area contributed by atoms with Crippen molar-refractivity contribution < 1.29 is 17.9 Å². The number of ether oxygens (including phenoxy) is 1. The van der Waals surface area contributed by atoms with E-state index in [-0.39, 0.29) is 11.9 Å². The van der Waals surface area contributed by atoms with Crippen LogP contribution in [0.25, 0.3) is 0 Å². The third-order valence-corrected chi connectivity index (χ3v) is 6.27. The quantitative estimate of drug-likeness (QED) is 0.766. The van der Waals surface area contributed by atoms with Crippen LogP contribution >= 0.6 is 0 Å². The number of hydrogen-bond acceptors (Lipinski definition) is 4. The van der Waals surface area contributed by atoms with Gasteiger partial charge in [-0.2, -0.15) is 0 Å². The van der Waals surface area contributed by atoms with E-state index in [1.165, 1.54) is 30.7 Å². The van der Waals surface area contributed by atoms with Crippen LogP contribution in [0.4, 0.5) is 5.69 Å². The number of hydrogen-bond donors (Lipinski definition) is 1. The molecule has 0 spiro atoms. The molecule has 7 heteroatoms. The molecule has 0 bridgehead atoms. The number of methoxy groups -OCH3 is 1. The van der Waals surface area contributed by atoms with Crippen molar-refractivity contribution >= 4 is 21.6 Å². The number of sulfonamides is 1. The Morgan fingerprint density at radius 3 is 2.41 bits per heavy atom. The number of rotatable bonds is 7. The number of amides is 1. The van der Waals surface area contributed by atoms with E-state index < -0.39 is 16.1 Å². The molecular weight excluding hydrogens is 364 g/mol. The average molecular weight is 397 g/mol. The first-order chi connectivity index (χ1) is 12.9. The molecule has 2 rings (SSSR count). The predicted molar refractivity (Wildman–Crippen MR) is 109 cm³/mol. The van der Waals surface area contributed by atoms with Crippen LogP contribution in [0.2, 0.25) is 0 Å². The van der Waals surface area contributed by atoms with Crippen molar-refractivity contribution in [3.63, 3.8) is 0 Å². The van der Waals surface area contributed by atoms with Gasteiger partial charge in [-0.1, -0.05) is 45.1 Å². The van der Waals surface area contributed by atoms with Gasteiger partial charge in [0, 0.05) is 12.1 Å². The van der Waals surface area contributed by atoms with Gasteiger partial charge < -0.3 is 10.1 Å². The van der Waals surface area contributed by atoms with E-state index >= 15 is 0 Å². The highest BCUT2D eigenvalue weighted by molar-refractivity contribution is 7.92. The molecule has 1 atom stereocenters. The maximum Gasteiger partial charge on any atom is 0.244 e. The second kappa shape index (κ2) is 9.97. The summed E-state index contributed by atoms with van der Waals surface area (Å²) in [5.41, 5.74) is 0.441. The molecule has 0 heterocycles. The number of carbonyl (C=O) groups excluding carboxylic acids is 1. The van der Waals surface area contributed by atoms with Gasteiger partial charge in [0.2, 0.25) is 15.9 Å². The highest BCUT2D eigenvalue weighted by atomic mass is 32.2. The molecule has 1 saturated carbocycles. The van der Waals surface area contributed by atoms with Crippen molar-refractivity contribution in [1.82, 2.24) is 5.32 Å². The first kappa shape index (κ1) is 21.5. The summed E-state index contributed by atoms with van der Waals surface area (Å²) in [6.07, 6.45) is 9.31. The molecule has 1 aromatic carbocycles. The maximum absolute atomic E-state index is 13.0. The lowest BCUT2D eigenvalue weighted by Gasteiger charge is -2.32. The molecule has 1 aliphatic rings. The topological polar surface area (TPSA) is 75.7 Å². The number of nitrogens with one attached hydrogen (secondary N) is 1. The maximum atomic E-state index is 13.0. The SMILES string of the molecule is CCC(C(=O)NC1CCCCCCC1)N(c1cccc(OC)c1)S(C)(=O)=O. The molecule has 6 nitrogen and oxygen atoms in total. The molecular formula is C20H32N2O4S. The Bertz CT molecular complexity index is 712. The third-order valence-electron chi connectivity index (χ3n) is 5.09. The zero-order chi connectivity index (χ0) is 19.9. The molecule has 1 N–H and O–H groups in total. The minimum atomic E-state index is -3.64. The summed E-state index contributed by atoms with van der Waals surface area (Å²) in [5.74, 6) is 0.327. The molecule has 1 unspecified atom stereocenters. The Labute approximate surface area is 163 Å². The Morgan fingerprint density at radius 2 is 1.85 bits per heavy atom. The van der Waals surface area contributed by atoms with Crippen LogP contribution in [0.3, 0.4) is 0 Å². The molecule has 1 amide bonds. The summed E-state index contributed by atoms with van der Waals surface area (Å²) in [7, 11) is -2.11. The third kappa shape index (κ3) is 6.13. The van der Waals surface area contributed by atoms with Gasteiger partial charge in [0.25, 0.3) is 0 Å². The van der Waals surface area contributed by atoms with Gasteiger partial charge in [-0.15, -0.1) is 0 Å². The molecule has 1 aromatic rings. The zero-order valence-corrected chi connectivity index (χ0v) is 17.4. The molecule has 0 saturated heterocycles. The lowest BCUT2D eigenvalue weighted by Crippen LogP contribution is -2.51. The van der Waals surface area contributed by atoms with Crippen molar-refractivity contribution in [2.45, 2.75) is 70.4 Å². The lowest BCUT2D eigenvalue weighted by atomic mass is 9.96. The van der Waals surface area contributed by atoms with E-state index in [1.807, 2.05) is 6.92 Å². The van der Waals surface area contributed by atoms with Crippen LogP contribution in [-0.2, 0) is 14.8 Å². The largest absolute Gasteiger partial charge is 0.497 e. The Hall–Kier alpha value is -1.76. The fraction of sp³-hybridized carbons (Fsp3) is 0.650. The molecule has 152 valence electrons. The molecule has 0 radical (unpaired) electrons. The second-order valence-corrected chi connectivity index (χ2v) is 9.09. The first-order valence-electron chi connectivity index (χ1n) is 9.80. The summed E-state index contributed by atoms with van der Waals surface area (Å²) in [5, 5.41) is 3.11. The summed E-state index contributed by atoms with van der Waals surface area (Å²) >= 11 is 0. The van der Waals surface area contributed by atoms with Gasteiger partial charge in [-0.25, -0.2) is 8.42 Å². The highest BCUT2D eigenvalue weighted by Crippen LogP contribution is 2.27. The summed E-state index contributed by atoms with van der Waals surface area (Å²) in [6.45, 7) is 1.83. The van der Waals surface area contributed by atoms with E-state index in [1.54, 1.807) is 24.3 Å². The monoisotopic (exact) mass is 396 g/mol. The average Bonchev–Trinajstić information content (AvgIpc) is 2.60. The van der Waals surface area contributed by atoms with E-state index in [9.17, 15) is 13.2 Å². The summed E-state index contributed by atoms with van der Waals surface area (Å²) in [4.78, 5) is 13.0. The van der Waals surface area contributed by atoms with Crippen LogP contribution in [0.5, 0.6) is 5.75 Å². The fourth-order valence-electron chi connectivity index (χ4n) is 3.71. The smallest absolute Gasteiger partial charge is 0.244 e. The predicted octanol–water partition coefficient (Wildman–Crippen LogP) is 3.47. The lowest BCUT2D eigenvalue weighted by molar-refractivity contribution is -0.123. The van der Waals surface area contributed by atoms with Gasteiger partial charge in [-0.3, -0.25) is 9.10 Å². The fourth-order valence-corrected chi connectivity index (χ4v) is 4.91. The standard InChI is InChI=1S/C20H32N2O4S/c1-4-19(20(23)21-16-11-8-6-5-7-9-12-16)22(27(3,24)25)17-13-10-14-18(15-17)26-2/h10,13-16,19H,4-9,11-12H2,1-3H3,(H,21,23). The Balaban J connectivity index is 2.24. The first-order valence-corrected chi connectivity index (χ1v) is 11.7. The van der Waals surface area contributed by atoms with Crippen LogP contribution in [0.1, 0.15) is 58.3 Å². The van der Waals surface area contributed by atoms with E-state index in [2.05, 4.69) is 5.32 Å². The van der Waals surface area contributed by atoms with Crippen molar-refractivity contribution in [1.29, 1.82) is 0 Å². The van der Waals surface area contributed by atoms with Crippen molar-refractivity contribution in [3.8, 4) is 5.75 Å². The van der Waals surface area contributed by atoms with Crippen LogP contribution in [0, 0.1) is 0 Å². The minimum Gasteiger partial charge on any atom is -0.497 e. The van der Waals surface area contributed by atoms with E-state index in [0.717, 1.165) is 31.9 Å². The van der Waals surface area contributed by atoms with Gasteiger partial charge in [-0.05, 0) is 31.4 Å². The van der Waals surface area contributed by atoms with Crippen LogP contribution in [-0.4, -0.2) is 39.8 Å². The zero-order valence-electron chi connectivity index (χ0n) is 16.6. The number of nitrogens with zero attached hydrogens (tertiary/aromatic N) is 1. The molecule has 27 heavy (non-hydrogen) atoms. The Morgan fingerprint density at radius 1 is 1.22 bits per heavy atom. The molecule has 0 aliphatic heterocycles. The Kier molecular flexibility index (Phi) is 7.95. The van der Waals surface area contributed by atoms with Crippen molar-refractivity contribution in [2.75, 3.05) is 17.7 Å². The molecule has 1 aliphatic carbocycles. The molecule has 1 fully saturated rings. The van der Waals surface area contributed by atoms with E-state index in [0.29, 0.717) is 17.9 Å².